The molecule has 1 heterocycles. The van der Waals surface area contributed by atoms with E-state index in [1.807, 2.05) is 0 Å². The lowest BCUT2D eigenvalue weighted by molar-refractivity contribution is -0.184. The van der Waals surface area contributed by atoms with Crippen LogP contribution in [0.25, 0.3) is 0 Å². The minimum absolute atomic E-state index is 0.0550. The Labute approximate surface area is 136 Å². The number of benzene rings is 1. The summed E-state index contributed by atoms with van der Waals surface area (Å²) in [6.07, 6.45) is -7.62. The summed E-state index contributed by atoms with van der Waals surface area (Å²) in [7, 11) is 1.31. The Kier molecular flexibility index (Phi) is 5.80. The Morgan fingerprint density at radius 1 is 1.21 bits per heavy atom. The zero-order chi connectivity index (χ0) is 18.0. The molecule has 8 heteroatoms. The predicted molar refractivity (Wildman–Crippen MR) is 78.5 cm³/mol. The Morgan fingerprint density at radius 3 is 2.46 bits per heavy atom. The van der Waals surface area contributed by atoms with Gasteiger partial charge in [0, 0.05) is 6.54 Å². The fourth-order valence-electron chi connectivity index (χ4n) is 3.17. The molecule has 1 aromatic carbocycles. The predicted octanol–water partition coefficient (Wildman–Crippen LogP) is 4.24. The smallest absolute Gasteiger partial charge is 0.316 e. The van der Waals surface area contributed by atoms with Gasteiger partial charge in [0.1, 0.15) is 6.04 Å². The molecular formula is C16H20F6N2. The third-order valence-corrected chi connectivity index (χ3v) is 4.23. The number of piperidine rings is 1. The normalized spacial score (nSPS) is 21.1. The molecule has 0 radical (unpaired) electrons. The van der Waals surface area contributed by atoms with E-state index in [2.05, 4.69) is 5.32 Å². The maximum atomic E-state index is 13.5. The second-order valence-electron chi connectivity index (χ2n) is 6.22. The van der Waals surface area contributed by atoms with Crippen LogP contribution in [0.2, 0.25) is 0 Å². The van der Waals surface area contributed by atoms with E-state index in [0.29, 0.717) is 12.6 Å². The fourth-order valence-corrected chi connectivity index (χ4v) is 3.17. The molecule has 0 aromatic heterocycles. The molecule has 1 aliphatic heterocycles. The number of alkyl halides is 6. The summed E-state index contributed by atoms with van der Waals surface area (Å²) in [6.45, 7) is 1.64. The summed E-state index contributed by atoms with van der Waals surface area (Å²) in [6, 6.07) is 1.44. The highest BCUT2D eigenvalue weighted by atomic mass is 19.4. The van der Waals surface area contributed by atoms with E-state index in [4.69, 9.17) is 0 Å². The van der Waals surface area contributed by atoms with Crippen molar-refractivity contribution < 1.29 is 26.3 Å². The van der Waals surface area contributed by atoms with E-state index in [1.165, 1.54) is 7.05 Å². The summed E-state index contributed by atoms with van der Waals surface area (Å²) in [5.41, 5.74) is -1.45. The molecule has 0 spiro atoms. The number of hydrogen-bond donors (Lipinski definition) is 1. The molecule has 1 saturated heterocycles. The van der Waals surface area contributed by atoms with Crippen LogP contribution in [0.5, 0.6) is 0 Å². The molecule has 1 N–H and O–H groups in total. The van der Waals surface area contributed by atoms with Crippen LogP contribution in [0.15, 0.2) is 24.3 Å². The molecule has 2 rings (SSSR count). The molecule has 0 bridgehead atoms. The van der Waals surface area contributed by atoms with Gasteiger partial charge in [-0.25, -0.2) is 0 Å². The van der Waals surface area contributed by atoms with Crippen molar-refractivity contribution >= 4 is 0 Å². The zero-order valence-corrected chi connectivity index (χ0v) is 13.2. The van der Waals surface area contributed by atoms with E-state index in [-0.39, 0.29) is 18.0 Å². The minimum atomic E-state index is -4.67. The van der Waals surface area contributed by atoms with Gasteiger partial charge in [-0.15, -0.1) is 0 Å². The summed E-state index contributed by atoms with van der Waals surface area (Å²) < 4.78 is 78.9. The van der Waals surface area contributed by atoms with Gasteiger partial charge in [0.25, 0.3) is 0 Å². The van der Waals surface area contributed by atoms with Gasteiger partial charge in [0.2, 0.25) is 0 Å². The van der Waals surface area contributed by atoms with Gasteiger partial charge in [-0.2, -0.15) is 26.3 Å². The van der Waals surface area contributed by atoms with Gasteiger partial charge < -0.3 is 5.32 Å². The van der Waals surface area contributed by atoms with Crippen molar-refractivity contribution in [1.29, 1.82) is 0 Å². The van der Waals surface area contributed by atoms with Crippen molar-refractivity contribution in [2.45, 2.75) is 31.2 Å². The van der Waals surface area contributed by atoms with E-state index < -0.39 is 24.0 Å². The first-order valence-electron chi connectivity index (χ1n) is 7.74. The average molecular weight is 354 g/mol. The molecule has 0 aliphatic carbocycles. The van der Waals surface area contributed by atoms with Crippen molar-refractivity contribution in [2.24, 2.45) is 5.92 Å². The van der Waals surface area contributed by atoms with Crippen molar-refractivity contribution in [3.63, 3.8) is 0 Å². The molecule has 2 unspecified atom stereocenters. The summed E-state index contributed by atoms with van der Waals surface area (Å²) in [4.78, 5) is 1.10. The van der Waals surface area contributed by atoms with Crippen molar-refractivity contribution in [1.82, 2.24) is 10.2 Å². The molecule has 2 atom stereocenters. The van der Waals surface area contributed by atoms with Crippen molar-refractivity contribution in [3.05, 3.63) is 35.4 Å². The SMILES string of the molecule is CN(CC1CCCNC1)C(c1cccc(C(F)(F)F)c1)C(F)(F)F. The first-order valence-corrected chi connectivity index (χ1v) is 7.74. The zero-order valence-electron chi connectivity index (χ0n) is 13.2. The average Bonchev–Trinajstić information content (AvgIpc) is 2.46. The minimum Gasteiger partial charge on any atom is -0.316 e. The number of nitrogens with zero attached hydrogens (tertiary/aromatic N) is 1. The first-order chi connectivity index (χ1) is 11.1. The highest BCUT2D eigenvalue weighted by Crippen LogP contribution is 2.39. The lowest BCUT2D eigenvalue weighted by Gasteiger charge is -2.34. The second-order valence-corrected chi connectivity index (χ2v) is 6.22. The third kappa shape index (κ3) is 4.86. The van der Waals surface area contributed by atoms with Crippen LogP contribution in [0, 0.1) is 5.92 Å². The molecule has 1 fully saturated rings. The van der Waals surface area contributed by atoms with Crippen LogP contribution >= 0.6 is 0 Å². The molecule has 1 aliphatic rings. The first kappa shape index (κ1) is 19.1. The van der Waals surface area contributed by atoms with Crippen LogP contribution in [-0.2, 0) is 6.18 Å². The summed E-state index contributed by atoms with van der Waals surface area (Å²) in [5, 5.41) is 3.13. The monoisotopic (exact) mass is 354 g/mol. The van der Waals surface area contributed by atoms with E-state index in [9.17, 15) is 26.3 Å². The Bertz CT molecular complexity index is 534. The number of halogens is 6. The Morgan fingerprint density at radius 2 is 1.92 bits per heavy atom. The maximum Gasteiger partial charge on any atom is 0.416 e. The lowest BCUT2D eigenvalue weighted by atomic mass is 9.96. The second kappa shape index (κ2) is 7.31. The van der Waals surface area contributed by atoms with Crippen molar-refractivity contribution in [3.8, 4) is 0 Å². The standard InChI is InChI=1S/C16H20F6N2/c1-24(10-11-4-3-7-23-9-11)14(16(20,21)22)12-5-2-6-13(8-12)15(17,18)19/h2,5-6,8,11,14,23H,3-4,7,9-10H2,1H3. The van der Waals surface area contributed by atoms with Gasteiger partial charge in [0.15, 0.2) is 0 Å². The molecule has 0 amide bonds. The molecule has 136 valence electrons. The fraction of sp³-hybridized carbons (Fsp3) is 0.625. The van der Waals surface area contributed by atoms with E-state index in [0.717, 1.165) is 42.5 Å². The quantitative estimate of drug-likeness (QED) is 0.814. The summed E-state index contributed by atoms with van der Waals surface area (Å²) in [5.74, 6) is 0.0550. The highest BCUT2D eigenvalue weighted by Gasteiger charge is 2.44. The lowest BCUT2D eigenvalue weighted by Crippen LogP contribution is -2.42. The maximum absolute atomic E-state index is 13.5. The molecular weight excluding hydrogens is 334 g/mol. The van der Waals surface area contributed by atoms with Crippen LogP contribution in [0.4, 0.5) is 26.3 Å². The van der Waals surface area contributed by atoms with Gasteiger partial charge in [-0.1, -0.05) is 12.1 Å². The van der Waals surface area contributed by atoms with Crippen LogP contribution in [-0.4, -0.2) is 37.8 Å². The molecule has 0 saturated carbocycles. The van der Waals surface area contributed by atoms with E-state index in [1.54, 1.807) is 0 Å². The third-order valence-electron chi connectivity index (χ3n) is 4.23. The summed E-state index contributed by atoms with van der Waals surface area (Å²) >= 11 is 0. The van der Waals surface area contributed by atoms with Gasteiger partial charge in [0.05, 0.1) is 5.56 Å². The number of nitrogens with one attached hydrogen (secondary N) is 1. The van der Waals surface area contributed by atoms with Crippen LogP contribution < -0.4 is 5.32 Å². The Hall–Kier alpha value is -1.28. The van der Waals surface area contributed by atoms with Crippen LogP contribution in [0.1, 0.15) is 30.0 Å². The van der Waals surface area contributed by atoms with Crippen LogP contribution in [0.3, 0.4) is 0 Å². The number of hydrogen-bond acceptors (Lipinski definition) is 2. The molecule has 24 heavy (non-hydrogen) atoms. The molecule has 2 nitrogen and oxygen atoms in total. The van der Waals surface area contributed by atoms with Gasteiger partial charge >= 0.3 is 12.4 Å². The van der Waals surface area contributed by atoms with Gasteiger partial charge in [-0.3, -0.25) is 4.90 Å². The van der Waals surface area contributed by atoms with E-state index >= 15 is 0 Å². The largest absolute Gasteiger partial charge is 0.416 e. The van der Waals surface area contributed by atoms with Crippen molar-refractivity contribution in [2.75, 3.05) is 26.7 Å². The Balaban J connectivity index is 2.25. The number of rotatable bonds is 4. The molecule has 1 aromatic rings. The highest BCUT2D eigenvalue weighted by molar-refractivity contribution is 5.29. The van der Waals surface area contributed by atoms with Gasteiger partial charge in [-0.05, 0) is 56.6 Å². The topological polar surface area (TPSA) is 15.3 Å².